The van der Waals surface area contributed by atoms with Gasteiger partial charge in [-0.15, -0.1) is 0 Å². The van der Waals surface area contributed by atoms with Crippen LogP contribution in [0.3, 0.4) is 0 Å². The second-order valence-electron chi connectivity index (χ2n) is 6.83. The molecule has 2 aliphatic rings. The average Bonchev–Trinajstić information content (AvgIpc) is 3.13. The first-order valence-corrected chi connectivity index (χ1v) is 9.37. The first-order chi connectivity index (χ1) is 12.5. The van der Waals surface area contributed by atoms with Crippen molar-refractivity contribution >= 4 is 34.9 Å². The predicted octanol–water partition coefficient (Wildman–Crippen LogP) is 5.91. The number of carbonyl (C=O) groups is 1. The van der Waals surface area contributed by atoms with Crippen LogP contribution in [0.4, 0.5) is 5.69 Å². The second kappa shape index (κ2) is 6.64. The molecule has 1 aliphatic heterocycles. The first kappa shape index (κ1) is 17.4. The van der Waals surface area contributed by atoms with E-state index in [1.807, 2.05) is 31.2 Å². The molecule has 0 saturated carbocycles. The Labute approximate surface area is 163 Å². The van der Waals surface area contributed by atoms with Gasteiger partial charge in [0.2, 0.25) is 0 Å². The number of anilines is 1. The molecule has 134 valence electrons. The summed E-state index contributed by atoms with van der Waals surface area (Å²) in [6.07, 6.45) is 5.29. The van der Waals surface area contributed by atoms with E-state index < -0.39 is 0 Å². The van der Waals surface area contributed by atoms with Crippen LogP contribution in [0.15, 0.2) is 42.5 Å². The van der Waals surface area contributed by atoms with E-state index in [0.29, 0.717) is 15.6 Å². The fourth-order valence-electron chi connectivity index (χ4n) is 4.21. The number of allylic oxidation sites excluding steroid dienone is 2. The zero-order chi connectivity index (χ0) is 18.4. The van der Waals surface area contributed by atoms with Crippen molar-refractivity contribution in [2.75, 3.05) is 12.4 Å². The summed E-state index contributed by atoms with van der Waals surface area (Å²) >= 11 is 12.8. The summed E-state index contributed by atoms with van der Waals surface area (Å²) < 4.78 is 5.01. The van der Waals surface area contributed by atoms with Crippen LogP contribution >= 0.6 is 23.2 Å². The molecular weight excluding hydrogens is 369 g/mol. The number of hydrogen-bond donors (Lipinski definition) is 1. The van der Waals surface area contributed by atoms with E-state index in [9.17, 15) is 4.79 Å². The molecule has 2 aromatic carbocycles. The van der Waals surface area contributed by atoms with E-state index in [1.54, 1.807) is 6.07 Å². The SMILES string of the molecule is COC(=O)c1ccc(C)c2c1[C@@H]1C=CC[C@@H]1[C@@H](c1cccc(Cl)c1Cl)N2. The van der Waals surface area contributed by atoms with Gasteiger partial charge in [0.05, 0.1) is 28.8 Å². The lowest BCUT2D eigenvalue weighted by Gasteiger charge is -2.39. The van der Waals surface area contributed by atoms with Crippen LogP contribution in [0, 0.1) is 12.8 Å². The Kier molecular flexibility index (Phi) is 4.45. The molecule has 0 fully saturated rings. The van der Waals surface area contributed by atoms with Crippen molar-refractivity contribution in [1.82, 2.24) is 0 Å². The minimum absolute atomic E-state index is 0.0281. The third-order valence-electron chi connectivity index (χ3n) is 5.45. The van der Waals surface area contributed by atoms with E-state index in [4.69, 9.17) is 27.9 Å². The highest BCUT2D eigenvalue weighted by Gasteiger charge is 2.41. The van der Waals surface area contributed by atoms with Crippen LogP contribution in [0.25, 0.3) is 0 Å². The Balaban J connectivity index is 1.89. The van der Waals surface area contributed by atoms with E-state index in [1.165, 1.54) is 7.11 Å². The molecule has 2 aromatic rings. The molecule has 0 unspecified atom stereocenters. The van der Waals surface area contributed by atoms with Crippen LogP contribution in [-0.4, -0.2) is 13.1 Å². The minimum atomic E-state index is -0.304. The number of carbonyl (C=O) groups excluding carboxylic acids is 1. The van der Waals surface area contributed by atoms with Crippen LogP contribution in [-0.2, 0) is 4.74 Å². The standard InChI is InChI=1S/C21H19Cl2NO2/c1-11-9-10-14(21(25)26-2)17-12-5-3-6-13(12)20(24-19(11)17)15-7-4-8-16(22)18(15)23/h3-5,7-10,12-13,20,24H,6H2,1-2H3/t12-,13+,20+/m1/s1. The normalized spacial score (nSPS) is 23.2. The van der Waals surface area contributed by atoms with E-state index in [2.05, 4.69) is 17.5 Å². The number of benzene rings is 2. The lowest BCUT2D eigenvalue weighted by Crippen LogP contribution is -2.31. The number of hydrogen-bond acceptors (Lipinski definition) is 3. The fourth-order valence-corrected chi connectivity index (χ4v) is 4.64. The van der Waals surface area contributed by atoms with Crippen molar-refractivity contribution in [3.8, 4) is 0 Å². The van der Waals surface area contributed by atoms with Crippen molar-refractivity contribution in [1.29, 1.82) is 0 Å². The number of ether oxygens (including phenoxy) is 1. The molecule has 5 heteroatoms. The van der Waals surface area contributed by atoms with Gasteiger partial charge in [0.1, 0.15) is 0 Å². The summed E-state index contributed by atoms with van der Waals surface area (Å²) in [6.45, 7) is 2.04. The highest BCUT2D eigenvalue weighted by molar-refractivity contribution is 6.42. The fraction of sp³-hybridized carbons (Fsp3) is 0.286. The molecule has 0 amide bonds. The Hall–Kier alpha value is -1.97. The second-order valence-corrected chi connectivity index (χ2v) is 7.61. The number of fused-ring (bicyclic) bond motifs is 3. The molecule has 1 heterocycles. The monoisotopic (exact) mass is 387 g/mol. The smallest absolute Gasteiger partial charge is 0.338 e. The molecule has 3 atom stereocenters. The number of nitrogens with one attached hydrogen (secondary N) is 1. The van der Waals surface area contributed by atoms with Crippen molar-refractivity contribution in [2.24, 2.45) is 5.92 Å². The number of aryl methyl sites for hydroxylation is 1. The quantitative estimate of drug-likeness (QED) is 0.513. The van der Waals surface area contributed by atoms with Gasteiger partial charge in [-0.25, -0.2) is 4.79 Å². The van der Waals surface area contributed by atoms with Crippen molar-refractivity contribution in [3.63, 3.8) is 0 Å². The van der Waals surface area contributed by atoms with Gasteiger partial charge in [-0.2, -0.15) is 0 Å². The number of halogens is 2. The van der Waals surface area contributed by atoms with E-state index in [-0.39, 0.29) is 23.8 Å². The molecule has 26 heavy (non-hydrogen) atoms. The largest absolute Gasteiger partial charge is 0.465 e. The highest BCUT2D eigenvalue weighted by Crippen LogP contribution is 2.53. The molecule has 4 rings (SSSR count). The van der Waals surface area contributed by atoms with E-state index in [0.717, 1.165) is 28.8 Å². The summed E-state index contributed by atoms with van der Waals surface area (Å²) in [5.41, 5.74) is 4.71. The van der Waals surface area contributed by atoms with Crippen LogP contribution in [0.2, 0.25) is 10.0 Å². The molecule has 1 aliphatic carbocycles. The third kappa shape index (κ3) is 2.62. The summed E-state index contributed by atoms with van der Waals surface area (Å²) in [5, 5.41) is 4.79. The number of methoxy groups -OCH3 is 1. The third-order valence-corrected chi connectivity index (χ3v) is 6.28. The Morgan fingerprint density at radius 1 is 1.23 bits per heavy atom. The van der Waals surface area contributed by atoms with Crippen molar-refractivity contribution in [3.05, 3.63) is 74.8 Å². The highest BCUT2D eigenvalue weighted by atomic mass is 35.5. The number of rotatable bonds is 2. The minimum Gasteiger partial charge on any atom is -0.465 e. The first-order valence-electron chi connectivity index (χ1n) is 8.62. The molecule has 0 saturated heterocycles. The van der Waals surface area contributed by atoms with Gasteiger partial charge in [0, 0.05) is 11.6 Å². The van der Waals surface area contributed by atoms with Gasteiger partial charge in [0.25, 0.3) is 0 Å². The zero-order valence-electron chi connectivity index (χ0n) is 14.6. The molecule has 1 N–H and O–H groups in total. The lowest BCUT2D eigenvalue weighted by atomic mass is 9.74. The molecule has 0 radical (unpaired) electrons. The molecule has 0 bridgehead atoms. The van der Waals surface area contributed by atoms with Crippen LogP contribution in [0.5, 0.6) is 0 Å². The van der Waals surface area contributed by atoms with Gasteiger partial charge in [-0.3, -0.25) is 0 Å². The van der Waals surface area contributed by atoms with Gasteiger partial charge >= 0.3 is 5.97 Å². The maximum absolute atomic E-state index is 12.3. The van der Waals surface area contributed by atoms with Crippen molar-refractivity contribution in [2.45, 2.75) is 25.3 Å². The van der Waals surface area contributed by atoms with Crippen LogP contribution < -0.4 is 5.32 Å². The Bertz CT molecular complexity index is 922. The Morgan fingerprint density at radius 3 is 2.81 bits per heavy atom. The Morgan fingerprint density at radius 2 is 2.04 bits per heavy atom. The summed E-state index contributed by atoms with van der Waals surface area (Å²) in [7, 11) is 1.42. The molecule has 0 aromatic heterocycles. The molecule has 3 nitrogen and oxygen atoms in total. The van der Waals surface area contributed by atoms with Gasteiger partial charge in [-0.05, 0) is 48.1 Å². The predicted molar refractivity (Wildman–Crippen MR) is 105 cm³/mol. The summed E-state index contributed by atoms with van der Waals surface area (Å²) in [4.78, 5) is 12.3. The lowest BCUT2D eigenvalue weighted by molar-refractivity contribution is 0.0598. The molecule has 0 spiro atoms. The number of esters is 1. The van der Waals surface area contributed by atoms with Gasteiger partial charge in [-0.1, -0.05) is 53.6 Å². The van der Waals surface area contributed by atoms with Gasteiger partial charge < -0.3 is 10.1 Å². The zero-order valence-corrected chi connectivity index (χ0v) is 16.1. The molecular formula is C21H19Cl2NO2. The average molecular weight is 388 g/mol. The van der Waals surface area contributed by atoms with E-state index >= 15 is 0 Å². The topological polar surface area (TPSA) is 38.3 Å². The maximum atomic E-state index is 12.3. The maximum Gasteiger partial charge on any atom is 0.338 e. The van der Waals surface area contributed by atoms with Gasteiger partial charge in [0.15, 0.2) is 0 Å². The van der Waals surface area contributed by atoms with Crippen LogP contribution in [0.1, 0.15) is 45.4 Å². The van der Waals surface area contributed by atoms with Crippen molar-refractivity contribution < 1.29 is 9.53 Å². The summed E-state index contributed by atoms with van der Waals surface area (Å²) in [5.74, 6) is 0.102. The summed E-state index contributed by atoms with van der Waals surface area (Å²) in [6, 6.07) is 9.59.